The molecule has 122 valence electrons. The minimum Gasteiger partial charge on any atom is -0.322 e. The molecule has 0 bridgehead atoms. The molecule has 6 nitrogen and oxygen atoms in total. The lowest BCUT2D eigenvalue weighted by Crippen LogP contribution is -2.52. The Balaban J connectivity index is 1.54. The van der Waals surface area contributed by atoms with E-state index in [2.05, 4.69) is 22.5 Å². The van der Waals surface area contributed by atoms with Gasteiger partial charge in [0.25, 0.3) is 5.91 Å². The maximum atomic E-state index is 12.6. The van der Waals surface area contributed by atoms with Gasteiger partial charge in [-0.3, -0.25) is 19.7 Å². The largest absolute Gasteiger partial charge is 0.322 e. The minimum absolute atomic E-state index is 0.151. The lowest BCUT2D eigenvalue weighted by Gasteiger charge is -2.29. The number of amides is 3. The summed E-state index contributed by atoms with van der Waals surface area (Å²) in [6.45, 7) is 2.25. The zero-order chi connectivity index (χ0) is 16.7. The number of hydrogen-bond acceptors (Lipinski definition) is 4. The van der Waals surface area contributed by atoms with Crippen molar-refractivity contribution in [2.24, 2.45) is 5.92 Å². The van der Waals surface area contributed by atoms with Gasteiger partial charge in [-0.1, -0.05) is 11.8 Å². The van der Waals surface area contributed by atoms with Crippen LogP contribution in [-0.4, -0.2) is 41.8 Å². The topological polar surface area (TPSA) is 78.5 Å². The van der Waals surface area contributed by atoms with Gasteiger partial charge in [-0.05, 0) is 30.2 Å². The van der Waals surface area contributed by atoms with Gasteiger partial charge in [-0.25, -0.2) is 0 Å². The molecule has 0 spiro atoms. The second-order valence-corrected chi connectivity index (χ2v) is 6.40. The fraction of sp³-hybridized carbons (Fsp3) is 0.389. The molecule has 1 atom stereocenters. The number of imide groups is 1. The van der Waals surface area contributed by atoms with Crippen molar-refractivity contribution in [2.45, 2.75) is 25.4 Å². The van der Waals surface area contributed by atoms with Crippen molar-refractivity contribution in [3.63, 3.8) is 0 Å². The Labute approximate surface area is 139 Å². The molecule has 0 radical (unpaired) electrons. The van der Waals surface area contributed by atoms with Crippen molar-refractivity contribution < 1.29 is 14.4 Å². The Bertz CT molecular complexity index is 801. The van der Waals surface area contributed by atoms with E-state index in [1.807, 2.05) is 12.1 Å². The molecule has 6 heteroatoms. The molecule has 2 saturated heterocycles. The van der Waals surface area contributed by atoms with Crippen LogP contribution in [0.5, 0.6) is 0 Å². The van der Waals surface area contributed by atoms with Crippen LogP contribution in [0.4, 0.5) is 0 Å². The molecule has 2 N–H and O–H groups in total. The first-order valence-corrected chi connectivity index (χ1v) is 8.11. The van der Waals surface area contributed by atoms with Crippen LogP contribution >= 0.6 is 0 Å². The van der Waals surface area contributed by atoms with Crippen LogP contribution in [0, 0.1) is 17.8 Å². The summed E-state index contributed by atoms with van der Waals surface area (Å²) in [5.41, 5.74) is 2.40. The van der Waals surface area contributed by atoms with Gasteiger partial charge in [0, 0.05) is 43.1 Å². The summed E-state index contributed by atoms with van der Waals surface area (Å²) in [4.78, 5) is 37.4. The fourth-order valence-corrected chi connectivity index (χ4v) is 3.23. The Morgan fingerprint density at radius 1 is 1.17 bits per heavy atom. The molecule has 3 aliphatic heterocycles. The van der Waals surface area contributed by atoms with Crippen molar-refractivity contribution in [3.8, 4) is 11.8 Å². The highest BCUT2D eigenvalue weighted by atomic mass is 16.2. The Kier molecular flexibility index (Phi) is 3.58. The summed E-state index contributed by atoms with van der Waals surface area (Å²) < 4.78 is 0. The smallest absolute Gasteiger partial charge is 0.255 e. The second-order valence-electron chi connectivity index (χ2n) is 6.40. The maximum Gasteiger partial charge on any atom is 0.255 e. The Morgan fingerprint density at radius 3 is 2.71 bits per heavy atom. The first-order chi connectivity index (χ1) is 11.6. The second kappa shape index (κ2) is 5.77. The molecule has 3 heterocycles. The average Bonchev–Trinajstić information content (AvgIpc) is 2.82. The van der Waals surface area contributed by atoms with Gasteiger partial charge in [0.2, 0.25) is 11.8 Å². The van der Waals surface area contributed by atoms with E-state index >= 15 is 0 Å². The van der Waals surface area contributed by atoms with Crippen molar-refractivity contribution in [1.29, 1.82) is 0 Å². The van der Waals surface area contributed by atoms with Crippen molar-refractivity contribution in [3.05, 3.63) is 34.9 Å². The van der Waals surface area contributed by atoms with Crippen LogP contribution in [0.1, 0.15) is 34.3 Å². The predicted molar refractivity (Wildman–Crippen MR) is 85.7 cm³/mol. The van der Waals surface area contributed by atoms with E-state index in [1.54, 1.807) is 11.0 Å². The quantitative estimate of drug-likeness (QED) is 0.564. The van der Waals surface area contributed by atoms with Gasteiger partial charge in [0.1, 0.15) is 6.04 Å². The summed E-state index contributed by atoms with van der Waals surface area (Å²) in [5.74, 6) is 5.96. The number of fused-ring (bicyclic) bond motifs is 1. The maximum absolute atomic E-state index is 12.6. The number of carbonyl (C=O) groups excluding carboxylic acids is 3. The van der Waals surface area contributed by atoms with Gasteiger partial charge < -0.3 is 10.2 Å². The molecule has 0 aliphatic carbocycles. The lowest BCUT2D eigenvalue weighted by atomic mass is 10.0. The standard InChI is InChI=1S/C18H17N3O3/c22-16-6-5-15(17(23)20-16)21-10-13-7-11(1-2-12-8-19-9-12)3-4-14(13)18(21)24/h3-4,7,12,15,19H,5-6,8-10H2,(H,20,22,23). The first kappa shape index (κ1) is 14.9. The molecule has 1 aromatic rings. The van der Waals surface area contributed by atoms with E-state index in [1.165, 1.54) is 0 Å². The van der Waals surface area contributed by atoms with Crippen molar-refractivity contribution >= 4 is 17.7 Å². The summed E-state index contributed by atoms with van der Waals surface area (Å²) in [6.07, 6.45) is 0.647. The van der Waals surface area contributed by atoms with E-state index in [9.17, 15) is 14.4 Å². The normalized spacial score (nSPS) is 23.2. The highest BCUT2D eigenvalue weighted by molar-refractivity contribution is 6.05. The number of rotatable bonds is 1. The first-order valence-electron chi connectivity index (χ1n) is 8.11. The van der Waals surface area contributed by atoms with Gasteiger partial charge in [0.05, 0.1) is 0 Å². The molecule has 1 aromatic carbocycles. The molecular formula is C18H17N3O3. The zero-order valence-corrected chi connectivity index (χ0v) is 13.1. The van der Waals surface area contributed by atoms with Crippen LogP contribution in [-0.2, 0) is 16.1 Å². The lowest BCUT2D eigenvalue weighted by molar-refractivity contribution is -0.136. The zero-order valence-electron chi connectivity index (χ0n) is 13.1. The third-order valence-corrected chi connectivity index (χ3v) is 4.73. The number of benzene rings is 1. The summed E-state index contributed by atoms with van der Waals surface area (Å²) in [7, 11) is 0. The highest BCUT2D eigenvalue weighted by Crippen LogP contribution is 2.28. The Hall–Kier alpha value is -2.65. The fourth-order valence-electron chi connectivity index (χ4n) is 3.23. The van der Waals surface area contributed by atoms with Crippen molar-refractivity contribution in [2.75, 3.05) is 13.1 Å². The average molecular weight is 323 g/mol. The molecule has 24 heavy (non-hydrogen) atoms. The van der Waals surface area contributed by atoms with Crippen molar-refractivity contribution in [1.82, 2.24) is 15.5 Å². The van der Waals surface area contributed by atoms with E-state index in [0.717, 1.165) is 24.2 Å². The summed E-state index contributed by atoms with van der Waals surface area (Å²) in [5, 5.41) is 5.49. The highest BCUT2D eigenvalue weighted by Gasteiger charge is 2.38. The van der Waals surface area contributed by atoms with Crippen LogP contribution in [0.15, 0.2) is 18.2 Å². The van der Waals surface area contributed by atoms with Crippen LogP contribution in [0.2, 0.25) is 0 Å². The molecule has 2 fully saturated rings. The molecule has 3 aliphatic rings. The summed E-state index contributed by atoms with van der Waals surface area (Å²) in [6, 6.07) is 4.99. The van der Waals surface area contributed by atoms with Gasteiger partial charge >= 0.3 is 0 Å². The molecule has 4 rings (SSSR count). The number of nitrogens with one attached hydrogen (secondary N) is 2. The van der Waals surface area contributed by atoms with E-state index in [0.29, 0.717) is 24.4 Å². The van der Waals surface area contributed by atoms with E-state index in [4.69, 9.17) is 0 Å². The van der Waals surface area contributed by atoms with E-state index < -0.39 is 6.04 Å². The van der Waals surface area contributed by atoms with Gasteiger partial charge in [0.15, 0.2) is 0 Å². The molecule has 0 saturated carbocycles. The van der Waals surface area contributed by atoms with Crippen LogP contribution in [0.3, 0.4) is 0 Å². The monoisotopic (exact) mass is 323 g/mol. The van der Waals surface area contributed by atoms with Crippen LogP contribution in [0.25, 0.3) is 0 Å². The molecular weight excluding hydrogens is 306 g/mol. The molecule has 1 unspecified atom stereocenters. The predicted octanol–water partition coefficient (Wildman–Crippen LogP) is 0.0185. The third kappa shape index (κ3) is 2.57. The number of piperidine rings is 1. The molecule has 0 aromatic heterocycles. The van der Waals surface area contributed by atoms with E-state index in [-0.39, 0.29) is 24.1 Å². The summed E-state index contributed by atoms with van der Waals surface area (Å²) >= 11 is 0. The molecule has 3 amide bonds. The number of hydrogen-bond donors (Lipinski definition) is 2. The van der Waals surface area contributed by atoms with Crippen LogP contribution < -0.4 is 10.6 Å². The van der Waals surface area contributed by atoms with Gasteiger partial charge in [-0.2, -0.15) is 0 Å². The number of nitrogens with zero attached hydrogens (tertiary/aromatic N) is 1. The van der Waals surface area contributed by atoms with Gasteiger partial charge in [-0.15, -0.1) is 0 Å². The minimum atomic E-state index is -0.571. The number of carbonyl (C=O) groups is 3. The SMILES string of the molecule is O=C1CCC(N2Cc3cc(C#CC4CNC4)ccc3C2=O)C(=O)N1. The Morgan fingerprint density at radius 2 is 2.00 bits per heavy atom. The third-order valence-electron chi connectivity index (χ3n) is 4.73.